The standard InChI is InChI=1S/2C11H26N.H2O4S/c2*1-6-8-9-11(7-2)10-12(3,4)5;1-5(2,3)4/h2*11H,6-10H2,1-5H3;(H2,1,2,3,4)/q2*+1;/p-2. The molecule has 2 unspecified atom stereocenters. The molecule has 0 amide bonds. The highest BCUT2D eigenvalue weighted by Gasteiger charge is 2.16. The van der Waals surface area contributed by atoms with E-state index in [0.717, 1.165) is 20.8 Å². The van der Waals surface area contributed by atoms with Crippen molar-refractivity contribution in [2.45, 2.75) is 79.1 Å². The molecule has 0 saturated carbocycles. The van der Waals surface area contributed by atoms with Crippen LogP contribution in [0.2, 0.25) is 0 Å². The molecule has 0 saturated heterocycles. The molecule has 6 nitrogen and oxygen atoms in total. The molecular weight excluding hydrogens is 388 g/mol. The predicted molar refractivity (Wildman–Crippen MR) is 123 cm³/mol. The van der Waals surface area contributed by atoms with Crippen LogP contribution in [0, 0.1) is 11.8 Å². The van der Waals surface area contributed by atoms with Crippen LogP contribution in [0.15, 0.2) is 0 Å². The van der Waals surface area contributed by atoms with Crippen LogP contribution in [0.3, 0.4) is 0 Å². The van der Waals surface area contributed by atoms with E-state index in [0.29, 0.717) is 0 Å². The lowest BCUT2D eigenvalue weighted by molar-refractivity contribution is -0.874. The number of rotatable bonds is 12. The van der Waals surface area contributed by atoms with Crippen molar-refractivity contribution < 1.29 is 26.5 Å². The van der Waals surface area contributed by atoms with E-state index in [1.54, 1.807) is 0 Å². The molecule has 0 heterocycles. The van der Waals surface area contributed by atoms with Crippen LogP contribution in [0.4, 0.5) is 0 Å². The first-order valence-electron chi connectivity index (χ1n) is 11.3. The van der Waals surface area contributed by atoms with Gasteiger partial charge in [-0.1, -0.05) is 53.4 Å². The summed E-state index contributed by atoms with van der Waals surface area (Å²) in [5, 5.41) is 0. The van der Waals surface area contributed by atoms with E-state index in [2.05, 4.69) is 70.0 Å². The Morgan fingerprint density at radius 3 is 1.03 bits per heavy atom. The Kier molecular flexibility index (Phi) is 20.1. The van der Waals surface area contributed by atoms with Crippen molar-refractivity contribution >= 4 is 10.4 Å². The highest BCUT2D eigenvalue weighted by molar-refractivity contribution is 7.79. The Labute approximate surface area is 183 Å². The van der Waals surface area contributed by atoms with Crippen LogP contribution >= 0.6 is 0 Å². The summed E-state index contributed by atoms with van der Waals surface area (Å²) < 4.78 is 36.3. The second-order valence-electron chi connectivity index (χ2n) is 10.2. The van der Waals surface area contributed by atoms with Crippen LogP contribution in [0.25, 0.3) is 0 Å². The average Bonchev–Trinajstić information content (AvgIpc) is 2.52. The molecule has 0 aromatic rings. The molecule has 29 heavy (non-hydrogen) atoms. The fourth-order valence-corrected chi connectivity index (χ4v) is 3.38. The van der Waals surface area contributed by atoms with Gasteiger partial charge in [0, 0.05) is 22.2 Å². The third-order valence-corrected chi connectivity index (χ3v) is 4.70. The van der Waals surface area contributed by atoms with Gasteiger partial charge in [0.1, 0.15) is 0 Å². The van der Waals surface area contributed by atoms with Gasteiger partial charge in [0.05, 0.1) is 55.4 Å². The second kappa shape index (κ2) is 17.5. The molecule has 0 radical (unpaired) electrons. The van der Waals surface area contributed by atoms with Gasteiger partial charge in [-0.15, -0.1) is 0 Å². The van der Waals surface area contributed by atoms with Gasteiger partial charge < -0.3 is 18.1 Å². The fourth-order valence-electron chi connectivity index (χ4n) is 3.38. The molecule has 2 atom stereocenters. The molecule has 0 fully saturated rings. The third-order valence-electron chi connectivity index (χ3n) is 4.70. The summed E-state index contributed by atoms with van der Waals surface area (Å²) in [7, 11) is 8.55. The SMILES string of the molecule is CCCCC(CC)C[N+](C)(C)C.CCCCC(CC)C[N+](C)(C)C.O=S(=O)([O-])[O-]. The number of hydrogen-bond acceptors (Lipinski definition) is 4. The van der Waals surface area contributed by atoms with Crippen molar-refractivity contribution in [2.75, 3.05) is 55.4 Å². The van der Waals surface area contributed by atoms with Gasteiger partial charge in [-0.2, -0.15) is 0 Å². The van der Waals surface area contributed by atoms with E-state index >= 15 is 0 Å². The van der Waals surface area contributed by atoms with Crippen LogP contribution in [-0.4, -0.2) is 81.9 Å². The maximum atomic E-state index is 8.52. The summed E-state index contributed by atoms with van der Waals surface area (Å²) in [4.78, 5) is 0. The molecule has 0 aromatic heterocycles. The van der Waals surface area contributed by atoms with Crippen LogP contribution in [-0.2, 0) is 10.4 Å². The summed E-state index contributed by atoms with van der Waals surface area (Å²) in [6, 6.07) is 0. The summed E-state index contributed by atoms with van der Waals surface area (Å²) >= 11 is 0. The van der Waals surface area contributed by atoms with E-state index in [1.165, 1.54) is 64.5 Å². The molecule has 7 heteroatoms. The largest absolute Gasteiger partial charge is 0.759 e. The van der Waals surface area contributed by atoms with Gasteiger partial charge in [0.25, 0.3) is 0 Å². The van der Waals surface area contributed by atoms with Gasteiger partial charge in [0.2, 0.25) is 0 Å². The van der Waals surface area contributed by atoms with E-state index in [4.69, 9.17) is 17.5 Å². The van der Waals surface area contributed by atoms with Crippen LogP contribution < -0.4 is 0 Å². The third kappa shape index (κ3) is 38.9. The Bertz CT molecular complexity index is 418. The number of hydrogen-bond donors (Lipinski definition) is 0. The van der Waals surface area contributed by atoms with Crippen LogP contribution in [0.1, 0.15) is 79.1 Å². The molecule has 0 bridgehead atoms. The summed E-state index contributed by atoms with van der Waals surface area (Å²) in [5.74, 6) is 1.87. The summed E-state index contributed by atoms with van der Waals surface area (Å²) in [6.07, 6.45) is 11.0. The fraction of sp³-hybridized carbons (Fsp3) is 1.00. The zero-order valence-corrected chi connectivity index (χ0v) is 22.0. The maximum Gasteiger partial charge on any atom is 0.0808 e. The first-order valence-corrected chi connectivity index (χ1v) is 12.6. The molecular formula is C22H52N2O4S. The highest BCUT2D eigenvalue weighted by Crippen LogP contribution is 2.16. The lowest BCUT2D eigenvalue weighted by atomic mass is 9.98. The number of quaternary nitrogens is 2. The minimum atomic E-state index is -5.17. The molecule has 0 aromatic carbocycles. The van der Waals surface area contributed by atoms with Gasteiger partial charge in [-0.05, 0) is 25.7 Å². The van der Waals surface area contributed by atoms with Crippen LogP contribution in [0.5, 0.6) is 0 Å². The predicted octanol–water partition coefficient (Wildman–Crippen LogP) is 4.48. The van der Waals surface area contributed by atoms with Gasteiger partial charge in [0.15, 0.2) is 0 Å². The molecule has 0 aliphatic heterocycles. The molecule has 0 aliphatic rings. The van der Waals surface area contributed by atoms with Crippen molar-refractivity contribution in [1.29, 1.82) is 0 Å². The second-order valence-corrected chi connectivity index (χ2v) is 11.0. The van der Waals surface area contributed by atoms with E-state index in [9.17, 15) is 0 Å². The lowest BCUT2D eigenvalue weighted by Gasteiger charge is -2.28. The quantitative estimate of drug-likeness (QED) is 0.254. The summed E-state index contributed by atoms with van der Waals surface area (Å²) in [6.45, 7) is 11.8. The Balaban J connectivity index is -0.000000380. The zero-order chi connectivity index (χ0) is 23.7. The zero-order valence-electron chi connectivity index (χ0n) is 21.2. The molecule has 0 rings (SSSR count). The van der Waals surface area contributed by atoms with E-state index in [-0.39, 0.29) is 0 Å². The first kappa shape index (κ1) is 33.4. The highest BCUT2D eigenvalue weighted by atomic mass is 32.3. The van der Waals surface area contributed by atoms with E-state index < -0.39 is 10.4 Å². The monoisotopic (exact) mass is 440 g/mol. The van der Waals surface area contributed by atoms with Crippen molar-refractivity contribution in [1.82, 2.24) is 0 Å². The van der Waals surface area contributed by atoms with Crippen molar-refractivity contribution in [3.8, 4) is 0 Å². The Morgan fingerprint density at radius 2 is 0.897 bits per heavy atom. The average molecular weight is 441 g/mol. The summed E-state index contributed by atoms with van der Waals surface area (Å²) in [5.41, 5.74) is 0. The van der Waals surface area contributed by atoms with Gasteiger partial charge in [-0.3, -0.25) is 8.42 Å². The first-order chi connectivity index (χ1) is 13.0. The smallest absolute Gasteiger partial charge is 0.0808 e. The Hall–Kier alpha value is -0.210. The van der Waals surface area contributed by atoms with Gasteiger partial charge in [-0.25, -0.2) is 0 Å². The molecule has 0 spiro atoms. The number of unbranched alkanes of at least 4 members (excludes halogenated alkanes) is 2. The Morgan fingerprint density at radius 1 is 0.655 bits per heavy atom. The molecule has 180 valence electrons. The minimum Gasteiger partial charge on any atom is -0.759 e. The number of nitrogens with zero attached hydrogens (tertiary/aromatic N) is 2. The minimum absolute atomic E-state index is 0.935. The van der Waals surface area contributed by atoms with Crippen molar-refractivity contribution in [2.24, 2.45) is 11.8 Å². The topological polar surface area (TPSA) is 80.3 Å². The molecule has 0 aliphatic carbocycles. The molecule has 0 N–H and O–H groups in total. The normalized spacial score (nSPS) is 14.2. The van der Waals surface area contributed by atoms with E-state index in [1.807, 2.05) is 0 Å². The van der Waals surface area contributed by atoms with Crippen molar-refractivity contribution in [3.05, 3.63) is 0 Å². The maximum absolute atomic E-state index is 8.52. The van der Waals surface area contributed by atoms with Crippen molar-refractivity contribution in [3.63, 3.8) is 0 Å². The van der Waals surface area contributed by atoms with Gasteiger partial charge >= 0.3 is 0 Å². The lowest BCUT2D eigenvalue weighted by Crippen LogP contribution is -2.39.